The zero-order valence-corrected chi connectivity index (χ0v) is 23.2. The molecule has 3 aliphatic rings. The highest BCUT2D eigenvalue weighted by atomic mass is 32.1. The van der Waals surface area contributed by atoms with Crippen molar-refractivity contribution in [1.29, 1.82) is 0 Å². The van der Waals surface area contributed by atoms with Gasteiger partial charge in [-0.3, -0.25) is 14.4 Å². The third kappa shape index (κ3) is 5.40. The summed E-state index contributed by atoms with van der Waals surface area (Å²) < 4.78 is 0. The van der Waals surface area contributed by atoms with E-state index in [1.54, 1.807) is 6.21 Å². The summed E-state index contributed by atoms with van der Waals surface area (Å²) in [6, 6.07) is 7.68. The molecule has 204 valence electrons. The molecule has 1 aromatic carbocycles. The fraction of sp³-hybridized carbons (Fsp3) is 0.483. The van der Waals surface area contributed by atoms with Crippen molar-refractivity contribution in [2.45, 2.75) is 51.6 Å². The molecule has 0 spiro atoms. The van der Waals surface area contributed by atoms with Crippen LogP contribution in [0.25, 0.3) is 10.9 Å². The molecule has 1 unspecified atom stereocenters. The lowest BCUT2D eigenvalue weighted by Crippen LogP contribution is -2.50. The topological polar surface area (TPSA) is 111 Å². The van der Waals surface area contributed by atoms with Gasteiger partial charge in [-0.15, -0.1) is 11.3 Å². The van der Waals surface area contributed by atoms with Crippen molar-refractivity contribution in [3.8, 4) is 0 Å². The van der Waals surface area contributed by atoms with Crippen molar-refractivity contribution in [3.63, 3.8) is 0 Å². The van der Waals surface area contributed by atoms with Crippen LogP contribution in [0.3, 0.4) is 0 Å². The molecule has 6 rings (SSSR count). The van der Waals surface area contributed by atoms with E-state index in [0.29, 0.717) is 30.0 Å². The minimum absolute atomic E-state index is 0.122. The summed E-state index contributed by atoms with van der Waals surface area (Å²) in [6.45, 7) is 5.39. The molecule has 2 fully saturated rings. The van der Waals surface area contributed by atoms with Crippen LogP contribution in [-0.4, -0.2) is 76.4 Å². The monoisotopic (exact) mass is 546 g/mol. The second kappa shape index (κ2) is 10.7. The number of aryl methyl sites for hydroxylation is 1. The summed E-state index contributed by atoms with van der Waals surface area (Å²) in [7, 11) is 2.06. The number of amides is 3. The molecule has 2 aliphatic heterocycles. The number of benzene rings is 1. The zero-order valence-electron chi connectivity index (χ0n) is 22.4. The first-order chi connectivity index (χ1) is 18.8. The molecule has 3 aromatic rings. The maximum absolute atomic E-state index is 13.2. The number of H-pyrrole nitrogens is 1. The molecule has 39 heavy (non-hydrogen) atoms. The fourth-order valence-electron chi connectivity index (χ4n) is 5.82. The SMILES string of the molecule is Cc1ccc2[nH]c(C(=O)N[C@H]3CC[C@H](C(=O)N4CCC4)CC3C=NC(=O)c3nc4c(s3)CN(C)CC4)cc2c1. The van der Waals surface area contributed by atoms with E-state index < -0.39 is 0 Å². The smallest absolute Gasteiger partial charge is 0.305 e. The lowest BCUT2D eigenvalue weighted by molar-refractivity contribution is -0.140. The molecule has 10 heteroatoms. The molecule has 3 atom stereocenters. The van der Waals surface area contributed by atoms with E-state index in [-0.39, 0.29) is 35.6 Å². The molecule has 9 nitrogen and oxygen atoms in total. The van der Waals surface area contributed by atoms with Crippen LogP contribution in [0.5, 0.6) is 0 Å². The van der Waals surface area contributed by atoms with Gasteiger partial charge >= 0.3 is 5.91 Å². The van der Waals surface area contributed by atoms with Crippen molar-refractivity contribution in [2.24, 2.45) is 16.8 Å². The average molecular weight is 547 g/mol. The molecular weight excluding hydrogens is 512 g/mol. The van der Waals surface area contributed by atoms with Crippen LogP contribution in [0.15, 0.2) is 29.3 Å². The molecule has 1 aliphatic carbocycles. The second-order valence-corrected chi connectivity index (χ2v) is 12.2. The lowest BCUT2D eigenvalue weighted by Gasteiger charge is -2.39. The Morgan fingerprint density at radius 3 is 2.82 bits per heavy atom. The van der Waals surface area contributed by atoms with E-state index in [4.69, 9.17) is 0 Å². The molecule has 4 heterocycles. The van der Waals surface area contributed by atoms with Gasteiger partial charge in [0.05, 0.1) is 5.69 Å². The Hall–Kier alpha value is -3.37. The molecule has 3 amide bonds. The highest BCUT2D eigenvalue weighted by Gasteiger charge is 2.37. The minimum atomic E-state index is -0.357. The van der Waals surface area contributed by atoms with Crippen LogP contribution >= 0.6 is 11.3 Å². The van der Waals surface area contributed by atoms with Gasteiger partial charge in [0.25, 0.3) is 5.91 Å². The van der Waals surface area contributed by atoms with Gasteiger partial charge in [0.1, 0.15) is 5.69 Å². The standard InChI is InChI=1S/C29H34N6O3S/c1-17-4-6-21-19(12-17)14-24(31-21)26(36)32-22-7-5-18(29(38)35-9-3-10-35)13-20(22)15-30-27(37)28-33-23-8-11-34(2)16-25(23)39-28/h4,6,12,14-15,18,20,22,31H,3,5,7-11,13,16H2,1-2H3,(H,32,36)/t18-,20?,22-/m0/s1. The van der Waals surface area contributed by atoms with Crippen molar-refractivity contribution < 1.29 is 14.4 Å². The van der Waals surface area contributed by atoms with Gasteiger partial charge < -0.3 is 20.1 Å². The number of carbonyl (C=O) groups excluding carboxylic acids is 3. The van der Waals surface area contributed by atoms with Gasteiger partial charge in [-0.25, -0.2) is 9.98 Å². The minimum Gasteiger partial charge on any atom is -0.351 e. The number of hydrogen-bond acceptors (Lipinski definition) is 6. The van der Waals surface area contributed by atoms with E-state index in [1.165, 1.54) is 11.3 Å². The number of aliphatic imine (C=N–C) groups is 1. The third-order valence-electron chi connectivity index (χ3n) is 8.24. The Balaban J connectivity index is 1.19. The van der Waals surface area contributed by atoms with Gasteiger partial charge in [-0.1, -0.05) is 11.6 Å². The second-order valence-electron chi connectivity index (χ2n) is 11.2. The summed E-state index contributed by atoms with van der Waals surface area (Å²) in [5.41, 5.74) is 3.54. The Kier molecular flexibility index (Phi) is 7.07. The van der Waals surface area contributed by atoms with Crippen LogP contribution in [0.2, 0.25) is 0 Å². The molecule has 0 bridgehead atoms. The number of nitrogens with zero attached hydrogens (tertiary/aromatic N) is 4. The molecule has 1 saturated heterocycles. The van der Waals surface area contributed by atoms with E-state index in [2.05, 4.69) is 32.2 Å². The van der Waals surface area contributed by atoms with Crippen LogP contribution in [-0.2, 0) is 17.8 Å². The van der Waals surface area contributed by atoms with Gasteiger partial charge in [-0.05, 0) is 57.9 Å². The predicted octanol–water partition coefficient (Wildman–Crippen LogP) is 3.58. The van der Waals surface area contributed by atoms with E-state index in [9.17, 15) is 14.4 Å². The maximum Gasteiger partial charge on any atom is 0.305 e. The first kappa shape index (κ1) is 25.9. The first-order valence-corrected chi connectivity index (χ1v) is 14.6. The zero-order chi connectivity index (χ0) is 27.1. The predicted molar refractivity (Wildman–Crippen MR) is 151 cm³/mol. The van der Waals surface area contributed by atoms with Crippen LogP contribution < -0.4 is 5.32 Å². The quantitative estimate of drug-likeness (QED) is 0.476. The van der Waals surface area contributed by atoms with E-state index >= 15 is 0 Å². The number of thiazole rings is 1. The summed E-state index contributed by atoms with van der Waals surface area (Å²) in [5, 5.41) is 4.57. The van der Waals surface area contributed by atoms with Crippen molar-refractivity contribution in [1.82, 2.24) is 25.1 Å². The highest BCUT2D eigenvalue weighted by Crippen LogP contribution is 2.32. The highest BCUT2D eigenvalue weighted by molar-refractivity contribution is 7.13. The average Bonchev–Trinajstić information content (AvgIpc) is 3.50. The number of likely N-dealkylation sites (N-methyl/N-ethyl adjacent to an activating group) is 1. The number of aromatic nitrogens is 2. The van der Waals surface area contributed by atoms with Crippen LogP contribution in [0.4, 0.5) is 0 Å². The lowest BCUT2D eigenvalue weighted by atomic mass is 9.77. The molecule has 0 radical (unpaired) electrons. The third-order valence-corrected chi connectivity index (χ3v) is 9.31. The Labute approximate surface area is 231 Å². The summed E-state index contributed by atoms with van der Waals surface area (Å²) in [4.78, 5) is 56.6. The van der Waals surface area contributed by atoms with Crippen molar-refractivity contribution in [3.05, 3.63) is 51.1 Å². The van der Waals surface area contributed by atoms with Gasteiger partial charge in [-0.2, -0.15) is 0 Å². The Morgan fingerprint density at radius 1 is 1.18 bits per heavy atom. The largest absolute Gasteiger partial charge is 0.351 e. The molecule has 2 aromatic heterocycles. The normalized spacial score (nSPS) is 23.5. The van der Waals surface area contributed by atoms with E-state index in [0.717, 1.165) is 66.1 Å². The molecule has 2 N–H and O–H groups in total. The summed E-state index contributed by atoms with van der Waals surface area (Å²) in [5.74, 6) is -0.719. The Morgan fingerprint density at radius 2 is 2.03 bits per heavy atom. The summed E-state index contributed by atoms with van der Waals surface area (Å²) in [6.07, 6.45) is 5.46. The maximum atomic E-state index is 13.2. The van der Waals surface area contributed by atoms with Gasteiger partial charge in [0.2, 0.25) is 5.91 Å². The number of likely N-dealkylation sites (tertiary alicyclic amines) is 1. The van der Waals surface area contributed by atoms with Crippen LogP contribution in [0, 0.1) is 18.8 Å². The molecular formula is C29H34N6O3S. The number of carbonyl (C=O) groups is 3. The van der Waals surface area contributed by atoms with E-state index in [1.807, 2.05) is 36.1 Å². The fourth-order valence-corrected chi connectivity index (χ4v) is 6.90. The number of nitrogens with one attached hydrogen (secondary N) is 2. The first-order valence-electron chi connectivity index (χ1n) is 13.8. The number of fused-ring (bicyclic) bond motifs is 2. The molecule has 1 saturated carbocycles. The Bertz CT molecular complexity index is 1450. The van der Waals surface area contributed by atoms with Crippen molar-refractivity contribution in [2.75, 3.05) is 26.7 Å². The number of aromatic amines is 1. The van der Waals surface area contributed by atoms with Gasteiger partial charge in [0.15, 0.2) is 5.01 Å². The summed E-state index contributed by atoms with van der Waals surface area (Å²) >= 11 is 1.41. The number of rotatable bonds is 5. The van der Waals surface area contributed by atoms with Crippen molar-refractivity contribution >= 4 is 46.2 Å². The number of hydrogen-bond donors (Lipinski definition) is 2. The van der Waals surface area contributed by atoms with Gasteiger partial charge in [0, 0.05) is 72.5 Å². The van der Waals surface area contributed by atoms with Crippen LogP contribution in [0.1, 0.15) is 62.1 Å².